The summed E-state index contributed by atoms with van der Waals surface area (Å²) in [7, 11) is 2.04. The van der Waals surface area contributed by atoms with E-state index in [-0.39, 0.29) is 0 Å². The predicted octanol–water partition coefficient (Wildman–Crippen LogP) is 4.36. The van der Waals surface area contributed by atoms with E-state index in [1.54, 1.807) is 11.8 Å². The highest BCUT2D eigenvalue weighted by Gasteiger charge is 2.11. The SMILES string of the molecule is CC[C@@H](C)NC(=S)Nc1ccc2c(c1)nc(CSc1nc(C)cc(C)n1)n2C. The van der Waals surface area contributed by atoms with Crippen LogP contribution in [0.15, 0.2) is 29.4 Å². The van der Waals surface area contributed by atoms with Gasteiger partial charge in [0.1, 0.15) is 5.82 Å². The number of aryl methyl sites for hydroxylation is 3. The van der Waals surface area contributed by atoms with Gasteiger partial charge >= 0.3 is 0 Å². The van der Waals surface area contributed by atoms with Gasteiger partial charge in [-0.25, -0.2) is 15.0 Å². The Morgan fingerprint density at radius 1 is 1.18 bits per heavy atom. The molecule has 0 saturated heterocycles. The molecule has 8 heteroatoms. The molecule has 0 aliphatic heterocycles. The maximum atomic E-state index is 5.38. The van der Waals surface area contributed by atoms with E-state index >= 15 is 0 Å². The van der Waals surface area contributed by atoms with Crippen molar-refractivity contribution in [3.8, 4) is 0 Å². The van der Waals surface area contributed by atoms with Gasteiger partial charge in [-0.05, 0) is 63.7 Å². The molecule has 28 heavy (non-hydrogen) atoms. The van der Waals surface area contributed by atoms with E-state index in [1.165, 1.54) is 0 Å². The molecular weight excluding hydrogens is 388 g/mol. The number of thioether (sulfide) groups is 1. The quantitative estimate of drug-likeness (QED) is 0.353. The number of thiocarbonyl (C=S) groups is 1. The molecule has 0 saturated carbocycles. The number of aromatic nitrogens is 4. The number of rotatable bonds is 6. The Bertz CT molecular complexity index is 978. The van der Waals surface area contributed by atoms with Crippen LogP contribution < -0.4 is 10.6 Å². The number of nitrogens with one attached hydrogen (secondary N) is 2. The van der Waals surface area contributed by atoms with Gasteiger partial charge in [0.25, 0.3) is 0 Å². The number of hydrogen-bond acceptors (Lipinski definition) is 5. The fraction of sp³-hybridized carbons (Fsp3) is 0.400. The zero-order valence-corrected chi connectivity index (χ0v) is 18.5. The fourth-order valence-corrected chi connectivity index (χ4v) is 4.09. The highest BCUT2D eigenvalue weighted by molar-refractivity contribution is 7.98. The molecule has 0 amide bonds. The van der Waals surface area contributed by atoms with Crippen molar-refractivity contribution in [3.05, 3.63) is 41.5 Å². The van der Waals surface area contributed by atoms with Crippen molar-refractivity contribution in [2.24, 2.45) is 7.05 Å². The number of hydrogen-bond donors (Lipinski definition) is 2. The van der Waals surface area contributed by atoms with Crippen molar-refractivity contribution < 1.29 is 0 Å². The van der Waals surface area contributed by atoms with Crippen molar-refractivity contribution in [3.63, 3.8) is 0 Å². The Labute approximate surface area is 175 Å². The molecule has 0 aliphatic carbocycles. The number of imidazole rings is 1. The van der Waals surface area contributed by atoms with Gasteiger partial charge in [-0.3, -0.25) is 0 Å². The minimum absolute atomic E-state index is 0.342. The molecule has 1 atom stereocenters. The zero-order valence-electron chi connectivity index (χ0n) is 16.9. The molecular formula is C20H26N6S2. The van der Waals surface area contributed by atoms with Crippen LogP contribution in [0, 0.1) is 13.8 Å². The smallest absolute Gasteiger partial charge is 0.188 e. The normalized spacial score (nSPS) is 12.2. The zero-order chi connectivity index (χ0) is 20.3. The lowest BCUT2D eigenvalue weighted by molar-refractivity contribution is 0.646. The third kappa shape index (κ3) is 4.99. The molecule has 2 heterocycles. The lowest BCUT2D eigenvalue weighted by Gasteiger charge is -2.15. The third-order valence-corrected chi connectivity index (χ3v) is 5.58. The first-order chi connectivity index (χ1) is 13.4. The predicted molar refractivity (Wildman–Crippen MR) is 121 cm³/mol. The van der Waals surface area contributed by atoms with Crippen LogP contribution in [0.3, 0.4) is 0 Å². The Morgan fingerprint density at radius 2 is 1.89 bits per heavy atom. The fourth-order valence-electron chi connectivity index (χ4n) is 2.84. The van der Waals surface area contributed by atoms with Crippen LogP contribution >= 0.6 is 24.0 Å². The van der Waals surface area contributed by atoms with Crippen molar-refractivity contribution in [2.45, 2.75) is 51.1 Å². The summed E-state index contributed by atoms with van der Waals surface area (Å²) in [6.07, 6.45) is 1.02. The standard InChI is InChI=1S/C20H26N6S2/c1-6-12(2)21-19(27)24-15-7-8-17-16(10-15)25-18(26(17)5)11-28-20-22-13(3)9-14(4)23-20/h7-10,12H,6,11H2,1-5H3,(H2,21,24,27)/t12-/m1/s1. The molecule has 2 N–H and O–H groups in total. The van der Waals surface area contributed by atoms with E-state index in [4.69, 9.17) is 17.2 Å². The largest absolute Gasteiger partial charge is 0.360 e. The molecule has 2 aromatic heterocycles. The number of anilines is 1. The maximum Gasteiger partial charge on any atom is 0.188 e. The highest BCUT2D eigenvalue weighted by Crippen LogP contribution is 2.24. The van der Waals surface area contributed by atoms with Gasteiger partial charge in [-0.2, -0.15) is 0 Å². The second-order valence-corrected chi connectivity index (χ2v) is 8.27. The topological polar surface area (TPSA) is 67.7 Å². The van der Waals surface area contributed by atoms with E-state index < -0.39 is 0 Å². The van der Waals surface area contributed by atoms with Crippen molar-refractivity contribution in [1.29, 1.82) is 0 Å². The van der Waals surface area contributed by atoms with Crippen LogP contribution in [0.4, 0.5) is 5.69 Å². The van der Waals surface area contributed by atoms with Crippen LogP contribution in [-0.2, 0) is 12.8 Å². The summed E-state index contributed by atoms with van der Waals surface area (Å²) in [5.74, 6) is 1.70. The van der Waals surface area contributed by atoms with Gasteiger partial charge in [0.2, 0.25) is 0 Å². The second kappa shape index (κ2) is 8.87. The molecule has 3 aromatic rings. The number of benzene rings is 1. The minimum atomic E-state index is 0.342. The summed E-state index contributed by atoms with van der Waals surface area (Å²) in [6, 6.07) is 8.45. The molecule has 0 spiro atoms. The van der Waals surface area contributed by atoms with Crippen LogP contribution in [0.1, 0.15) is 37.5 Å². The maximum absolute atomic E-state index is 5.38. The van der Waals surface area contributed by atoms with Crippen LogP contribution in [0.5, 0.6) is 0 Å². The molecule has 3 rings (SSSR count). The average molecular weight is 415 g/mol. The molecule has 0 aliphatic rings. The summed E-state index contributed by atoms with van der Waals surface area (Å²) < 4.78 is 2.12. The number of fused-ring (bicyclic) bond motifs is 1. The van der Waals surface area contributed by atoms with Gasteiger partial charge < -0.3 is 15.2 Å². The van der Waals surface area contributed by atoms with Crippen LogP contribution in [0.25, 0.3) is 11.0 Å². The first kappa shape index (κ1) is 20.5. The second-order valence-electron chi connectivity index (χ2n) is 6.92. The summed E-state index contributed by atoms with van der Waals surface area (Å²) in [5.41, 5.74) is 4.93. The van der Waals surface area contributed by atoms with Gasteiger partial charge in [-0.1, -0.05) is 18.7 Å². The summed E-state index contributed by atoms with van der Waals surface area (Å²) in [6.45, 7) is 8.22. The van der Waals surface area contributed by atoms with Crippen molar-refractivity contribution >= 4 is 45.8 Å². The molecule has 0 fully saturated rings. The lowest BCUT2D eigenvalue weighted by atomic mass is 10.2. The molecule has 0 bridgehead atoms. The highest BCUT2D eigenvalue weighted by atomic mass is 32.2. The van der Waals surface area contributed by atoms with Gasteiger partial charge in [-0.15, -0.1) is 0 Å². The van der Waals surface area contributed by atoms with Crippen molar-refractivity contribution in [2.75, 3.05) is 5.32 Å². The Kier molecular flexibility index (Phi) is 6.51. The molecule has 148 valence electrons. The van der Waals surface area contributed by atoms with E-state index in [0.717, 1.165) is 45.5 Å². The van der Waals surface area contributed by atoms with Gasteiger partial charge in [0, 0.05) is 30.2 Å². The monoisotopic (exact) mass is 414 g/mol. The molecule has 0 unspecified atom stereocenters. The minimum Gasteiger partial charge on any atom is -0.360 e. The number of nitrogens with zero attached hydrogens (tertiary/aromatic N) is 4. The third-order valence-electron chi connectivity index (χ3n) is 4.51. The summed E-state index contributed by atoms with van der Waals surface area (Å²) in [4.78, 5) is 13.8. The first-order valence-corrected chi connectivity index (χ1v) is 10.7. The van der Waals surface area contributed by atoms with E-state index in [9.17, 15) is 0 Å². The van der Waals surface area contributed by atoms with Crippen LogP contribution in [-0.4, -0.2) is 30.7 Å². The first-order valence-electron chi connectivity index (χ1n) is 9.33. The average Bonchev–Trinajstić information content (AvgIpc) is 2.94. The Balaban J connectivity index is 1.74. The van der Waals surface area contributed by atoms with E-state index in [0.29, 0.717) is 16.9 Å². The van der Waals surface area contributed by atoms with Crippen LogP contribution in [0.2, 0.25) is 0 Å². The molecule has 0 radical (unpaired) electrons. The Morgan fingerprint density at radius 3 is 2.57 bits per heavy atom. The summed E-state index contributed by atoms with van der Waals surface area (Å²) >= 11 is 6.99. The molecule has 1 aromatic carbocycles. The van der Waals surface area contributed by atoms with Gasteiger partial charge in [0.15, 0.2) is 10.3 Å². The lowest BCUT2D eigenvalue weighted by Crippen LogP contribution is -2.35. The van der Waals surface area contributed by atoms with Gasteiger partial charge in [0.05, 0.1) is 16.8 Å². The molecule has 6 nitrogen and oxygen atoms in total. The van der Waals surface area contributed by atoms with E-state index in [1.807, 2.05) is 39.1 Å². The summed E-state index contributed by atoms with van der Waals surface area (Å²) in [5, 5.41) is 7.93. The van der Waals surface area contributed by atoms with Crippen molar-refractivity contribution in [1.82, 2.24) is 24.8 Å². The Hall–Kier alpha value is -2.19. The van der Waals surface area contributed by atoms with E-state index in [2.05, 4.69) is 45.1 Å².